The third kappa shape index (κ3) is 6.18. The van der Waals surface area contributed by atoms with Crippen molar-refractivity contribution >= 4 is 6.09 Å². The molecule has 128 valence electrons. The second-order valence-electron chi connectivity index (χ2n) is 7.50. The highest BCUT2D eigenvalue weighted by Gasteiger charge is 2.27. The maximum absolute atomic E-state index is 13.0. The van der Waals surface area contributed by atoms with Gasteiger partial charge in [0.05, 0.1) is 0 Å². The number of amides is 1. The van der Waals surface area contributed by atoms with Crippen LogP contribution >= 0.6 is 0 Å². The Bertz CT molecular complexity index is 525. The molecule has 1 aliphatic rings. The standard InChI is InChI=1S/C18H27FN2O2/c1-13-9-16(20-17(22)23-18(2,3)4)12-21(10-13)11-14-5-7-15(19)8-6-14/h5-8,13,16H,9-12H2,1-4H3,(H,20,22). The van der Waals surface area contributed by atoms with Crippen LogP contribution in [-0.2, 0) is 11.3 Å². The van der Waals surface area contributed by atoms with Gasteiger partial charge in [0.2, 0.25) is 0 Å². The van der Waals surface area contributed by atoms with Crippen LogP contribution in [0.25, 0.3) is 0 Å². The van der Waals surface area contributed by atoms with Gasteiger partial charge >= 0.3 is 6.09 Å². The molecule has 1 amide bonds. The van der Waals surface area contributed by atoms with Crippen molar-refractivity contribution in [2.24, 2.45) is 5.92 Å². The van der Waals surface area contributed by atoms with Crippen molar-refractivity contribution in [3.8, 4) is 0 Å². The van der Waals surface area contributed by atoms with Gasteiger partial charge < -0.3 is 10.1 Å². The third-order valence-electron chi connectivity index (χ3n) is 3.78. The van der Waals surface area contributed by atoms with Gasteiger partial charge in [0.15, 0.2) is 0 Å². The molecule has 0 bridgehead atoms. The highest BCUT2D eigenvalue weighted by molar-refractivity contribution is 5.68. The molecule has 2 unspecified atom stereocenters. The lowest BCUT2D eigenvalue weighted by Gasteiger charge is -2.37. The molecule has 2 rings (SSSR count). The summed E-state index contributed by atoms with van der Waals surface area (Å²) in [6.45, 7) is 10.3. The van der Waals surface area contributed by atoms with Crippen molar-refractivity contribution in [1.29, 1.82) is 0 Å². The molecule has 0 saturated carbocycles. The van der Waals surface area contributed by atoms with Crippen LogP contribution in [0.1, 0.15) is 39.7 Å². The van der Waals surface area contributed by atoms with Crippen LogP contribution in [0.2, 0.25) is 0 Å². The Morgan fingerprint density at radius 2 is 1.96 bits per heavy atom. The van der Waals surface area contributed by atoms with Gasteiger partial charge in [-0.1, -0.05) is 19.1 Å². The number of halogens is 1. The average molecular weight is 322 g/mol. The third-order valence-corrected chi connectivity index (χ3v) is 3.78. The monoisotopic (exact) mass is 322 g/mol. The highest BCUT2D eigenvalue weighted by atomic mass is 19.1. The molecule has 1 aromatic rings. The lowest BCUT2D eigenvalue weighted by atomic mass is 9.95. The minimum atomic E-state index is -0.488. The Morgan fingerprint density at radius 3 is 2.57 bits per heavy atom. The summed E-state index contributed by atoms with van der Waals surface area (Å²) < 4.78 is 18.3. The molecule has 5 heteroatoms. The Kier molecular flexibility index (Phi) is 5.63. The maximum atomic E-state index is 13.0. The van der Waals surface area contributed by atoms with Gasteiger partial charge in [-0.15, -0.1) is 0 Å². The zero-order valence-electron chi connectivity index (χ0n) is 14.4. The number of carbonyl (C=O) groups is 1. The fourth-order valence-electron chi connectivity index (χ4n) is 3.02. The maximum Gasteiger partial charge on any atom is 0.407 e. The second kappa shape index (κ2) is 7.30. The van der Waals surface area contributed by atoms with Gasteiger partial charge in [-0.3, -0.25) is 4.90 Å². The number of hydrogen-bond acceptors (Lipinski definition) is 3. The Balaban J connectivity index is 1.90. The van der Waals surface area contributed by atoms with E-state index in [1.54, 1.807) is 0 Å². The quantitative estimate of drug-likeness (QED) is 0.925. The number of likely N-dealkylation sites (tertiary alicyclic amines) is 1. The van der Waals surface area contributed by atoms with Crippen molar-refractivity contribution in [3.63, 3.8) is 0 Å². The van der Waals surface area contributed by atoms with Crippen LogP contribution in [0.15, 0.2) is 24.3 Å². The van der Waals surface area contributed by atoms with E-state index in [-0.39, 0.29) is 18.0 Å². The minimum absolute atomic E-state index is 0.0778. The van der Waals surface area contributed by atoms with E-state index in [1.807, 2.05) is 32.9 Å². The van der Waals surface area contributed by atoms with E-state index >= 15 is 0 Å². The van der Waals surface area contributed by atoms with Gasteiger partial charge in [-0.05, 0) is 50.8 Å². The molecule has 1 fully saturated rings. The fraction of sp³-hybridized carbons (Fsp3) is 0.611. The molecule has 1 aliphatic heterocycles. The topological polar surface area (TPSA) is 41.6 Å². The first-order valence-corrected chi connectivity index (χ1v) is 8.17. The summed E-state index contributed by atoms with van der Waals surface area (Å²) >= 11 is 0. The highest BCUT2D eigenvalue weighted by Crippen LogP contribution is 2.19. The minimum Gasteiger partial charge on any atom is -0.444 e. The number of rotatable bonds is 3. The number of benzene rings is 1. The summed E-state index contributed by atoms with van der Waals surface area (Å²) in [7, 11) is 0. The molecule has 0 aromatic heterocycles. The number of hydrogen-bond donors (Lipinski definition) is 1. The van der Waals surface area contributed by atoms with Crippen LogP contribution < -0.4 is 5.32 Å². The van der Waals surface area contributed by atoms with Crippen LogP contribution in [0.4, 0.5) is 9.18 Å². The van der Waals surface area contributed by atoms with E-state index in [4.69, 9.17) is 4.74 Å². The van der Waals surface area contributed by atoms with Gasteiger partial charge in [-0.2, -0.15) is 0 Å². The normalized spacial score (nSPS) is 22.7. The Morgan fingerprint density at radius 1 is 1.30 bits per heavy atom. The molecule has 1 aromatic carbocycles. The number of alkyl carbamates (subject to hydrolysis) is 1. The average Bonchev–Trinajstić information content (AvgIpc) is 2.38. The molecule has 0 radical (unpaired) electrons. The van der Waals surface area contributed by atoms with Gasteiger partial charge in [-0.25, -0.2) is 9.18 Å². The molecule has 2 atom stereocenters. The zero-order chi connectivity index (χ0) is 17.0. The van der Waals surface area contributed by atoms with Crippen molar-refractivity contribution in [3.05, 3.63) is 35.6 Å². The summed E-state index contributed by atoms with van der Waals surface area (Å²) in [6.07, 6.45) is 0.581. The first kappa shape index (κ1) is 17.7. The van der Waals surface area contributed by atoms with Crippen molar-refractivity contribution in [2.45, 2.75) is 52.3 Å². The van der Waals surface area contributed by atoms with Crippen LogP contribution in [0, 0.1) is 11.7 Å². The predicted octanol–water partition coefficient (Wildman–Crippen LogP) is 3.56. The molecule has 1 heterocycles. The number of piperidine rings is 1. The number of nitrogens with one attached hydrogen (secondary N) is 1. The summed E-state index contributed by atoms with van der Waals surface area (Å²) in [5, 5.41) is 2.97. The van der Waals surface area contributed by atoms with Crippen LogP contribution in [0.5, 0.6) is 0 Å². The van der Waals surface area contributed by atoms with E-state index < -0.39 is 5.60 Å². The summed E-state index contributed by atoms with van der Waals surface area (Å²) in [6, 6.07) is 6.67. The molecule has 0 spiro atoms. The molecular weight excluding hydrogens is 295 g/mol. The van der Waals surface area contributed by atoms with Crippen molar-refractivity contribution in [2.75, 3.05) is 13.1 Å². The van der Waals surface area contributed by atoms with Crippen molar-refractivity contribution < 1.29 is 13.9 Å². The first-order chi connectivity index (χ1) is 10.7. The summed E-state index contributed by atoms with van der Waals surface area (Å²) in [5.41, 5.74) is 0.592. The van der Waals surface area contributed by atoms with E-state index in [2.05, 4.69) is 17.1 Å². The summed E-state index contributed by atoms with van der Waals surface area (Å²) in [4.78, 5) is 14.2. The fourth-order valence-corrected chi connectivity index (χ4v) is 3.02. The van der Waals surface area contributed by atoms with Gasteiger partial charge in [0, 0.05) is 25.7 Å². The zero-order valence-corrected chi connectivity index (χ0v) is 14.4. The van der Waals surface area contributed by atoms with E-state index in [0.717, 1.165) is 31.6 Å². The molecule has 0 aliphatic carbocycles. The first-order valence-electron chi connectivity index (χ1n) is 8.17. The Hall–Kier alpha value is -1.62. The van der Waals surface area contributed by atoms with E-state index in [9.17, 15) is 9.18 Å². The smallest absolute Gasteiger partial charge is 0.407 e. The summed E-state index contributed by atoms with van der Waals surface area (Å²) in [5.74, 6) is 0.273. The largest absolute Gasteiger partial charge is 0.444 e. The molecule has 23 heavy (non-hydrogen) atoms. The lowest BCUT2D eigenvalue weighted by molar-refractivity contribution is 0.0450. The Labute approximate surface area is 138 Å². The second-order valence-corrected chi connectivity index (χ2v) is 7.50. The molecular formula is C18H27FN2O2. The van der Waals surface area contributed by atoms with Crippen molar-refractivity contribution in [1.82, 2.24) is 10.2 Å². The lowest BCUT2D eigenvalue weighted by Crippen LogP contribution is -2.50. The van der Waals surface area contributed by atoms with E-state index in [1.165, 1.54) is 12.1 Å². The van der Waals surface area contributed by atoms with Gasteiger partial charge in [0.25, 0.3) is 0 Å². The number of carbonyl (C=O) groups excluding carboxylic acids is 1. The SMILES string of the molecule is CC1CC(NC(=O)OC(C)(C)C)CN(Cc2ccc(F)cc2)C1. The molecule has 1 saturated heterocycles. The molecule has 4 nitrogen and oxygen atoms in total. The molecule has 1 N–H and O–H groups in total. The van der Waals surface area contributed by atoms with Crippen LogP contribution in [0.3, 0.4) is 0 Å². The predicted molar refractivity (Wildman–Crippen MR) is 88.6 cm³/mol. The number of ether oxygens (including phenoxy) is 1. The van der Waals surface area contributed by atoms with E-state index in [0.29, 0.717) is 5.92 Å². The number of nitrogens with zero attached hydrogens (tertiary/aromatic N) is 1. The van der Waals surface area contributed by atoms with Gasteiger partial charge in [0.1, 0.15) is 11.4 Å². The van der Waals surface area contributed by atoms with Crippen LogP contribution in [-0.4, -0.2) is 35.7 Å².